The summed E-state index contributed by atoms with van der Waals surface area (Å²) in [5.74, 6) is 0.275. The normalized spacial score (nSPS) is 20.1. The Morgan fingerprint density at radius 3 is 2.36 bits per heavy atom. The lowest BCUT2D eigenvalue weighted by molar-refractivity contribution is -0.142. The van der Waals surface area contributed by atoms with Gasteiger partial charge in [-0.3, -0.25) is 9.59 Å². The smallest absolute Gasteiger partial charge is 0.260 e. The number of hydrogen-bond acceptors (Lipinski definition) is 4. The van der Waals surface area contributed by atoms with Crippen LogP contribution in [0.2, 0.25) is 0 Å². The molecule has 6 nitrogen and oxygen atoms in total. The zero-order valence-electron chi connectivity index (χ0n) is 13.9. The first-order valence-electron chi connectivity index (χ1n) is 8.29. The summed E-state index contributed by atoms with van der Waals surface area (Å²) < 4.78 is 18.2. The van der Waals surface area contributed by atoms with E-state index < -0.39 is 0 Å². The number of nitrogens with zero attached hydrogens (tertiary/aromatic N) is 2. The molecular weight excluding hydrogens is 349 g/mol. The van der Waals surface area contributed by atoms with Crippen LogP contribution in [0.5, 0.6) is 5.75 Å². The Balaban J connectivity index is 0.00000225. The van der Waals surface area contributed by atoms with E-state index in [2.05, 4.69) is 5.32 Å². The highest BCUT2D eigenvalue weighted by Crippen LogP contribution is 2.14. The maximum Gasteiger partial charge on any atom is 0.260 e. The standard InChI is InChI=1S/C17H22FN3O3.ClH/c18-14-1-3-15(4-2-14)24-12-16(22)20-7-9-21(10-8-20)17(23)13-5-6-19-11-13;/h1-4,13,19H,5-12H2;1H. The molecule has 3 rings (SSSR count). The third kappa shape index (κ3) is 5.06. The Bertz CT molecular complexity index is 585. The van der Waals surface area contributed by atoms with Gasteiger partial charge in [0, 0.05) is 32.7 Å². The molecule has 25 heavy (non-hydrogen) atoms. The van der Waals surface area contributed by atoms with Crippen LogP contribution in [0.15, 0.2) is 24.3 Å². The quantitative estimate of drug-likeness (QED) is 0.854. The molecule has 2 aliphatic rings. The van der Waals surface area contributed by atoms with Crippen LogP contribution in [0, 0.1) is 11.7 Å². The Labute approximate surface area is 152 Å². The third-order valence-electron chi connectivity index (χ3n) is 4.53. The van der Waals surface area contributed by atoms with Crippen LogP contribution in [0.4, 0.5) is 4.39 Å². The van der Waals surface area contributed by atoms with Crippen molar-refractivity contribution in [3.8, 4) is 5.75 Å². The van der Waals surface area contributed by atoms with Gasteiger partial charge in [0.25, 0.3) is 5.91 Å². The molecule has 0 bridgehead atoms. The molecule has 1 aromatic rings. The van der Waals surface area contributed by atoms with Crippen LogP contribution in [-0.4, -0.2) is 67.5 Å². The predicted octanol–water partition coefficient (Wildman–Crippen LogP) is 0.907. The van der Waals surface area contributed by atoms with Gasteiger partial charge in [0.15, 0.2) is 6.61 Å². The fraction of sp³-hybridized carbons (Fsp3) is 0.529. The summed E-state index contributed by atoms with van der Waals surface area (Å²) in [5, 5.41) is 3.20. The van der Waals surface area contributed by atoms with Crippen molar-refractivity contribution < 1.29 is 18.7 Å². The number of rotatable bonds is 4. The monoisotopic (exact) mass is 371 g/mol. The Kier molecular flexibility index (Phi) is 7.01. The van der Waals surface area contributed by atoms with E-state index in [1.807, 2.05) is 4.90 Å². The van der Waals surface area contributed by atoms with Gasteiger partial charge in [-0.25, -0.2) is 4.39 Å². The van der Waals surface area contributed by atoms with Crippen LogP contribution in [-0.2, 0) is 9.59 Å². The van der Waals surface area contributed by atoms with E-state index in [9.17, 15) is 14.0 Å². The molecule has 0 saturated carbocycles. The summed E-state index contributed by atoms with van der Waals surface area (Å²) in [6.07, 6.45) is 0.892. The number of carbonyl (C=O) groups excluding carboxylic acids is 2. The van der Waals surface area contributed by atoms with E-state index in [0.29, 0.717) is 31.9 Å². The van der Waals surface area contributed by atoms with Crippen molar-refractivity contribution in [2.75, 3.05) is 45.9 Å². The van der Waals surface area contributed by atoms with Crippen LogP contribution >= 0.6 is 12.4 Å². The Morgan fingerprint density at radius 2 is 1.76 bits per heavy atom. The number of halogens is 2. The molecule has 1 N–H and O–H groups in total. The lowest BCUT2D eigenvalue weighted by atomic mass is 10.1. The van der Waals surface area contributed by atoms with Gasteiger partial charge < -0.3 is 19.9 Å². The summed E-state index contributed by atoms with van der Waals surface area (Å²) in [4.78, 5) is 28.1. The molecule has 0 spiro atoms. The molecule has 1 unspecified atom stereocenters. The number of ether oxygens (including phenoxy) is 1. The molecule has 1 aromatic carbocycles. The molecule has 2 fully saturated rings. The number of amides is 2. The molecule has 2 amide bonds. The van der Waals surface area contributed by atoms with Gasteiger partial charge in [-0.15, -0.1) is 12.4 Å². The van der Waals surface area contributed by atoms with E-state index in [-0.39, 0.29) is 42.6 Å². The molecule has 2 aliphatic heterocycles. The summed E-state index contributed by atoms with van der Waals surface area (Å²) in [7, 11) is 0. The minimum Gasteiger partial charge on any atom is -0.484 e. The number of benzene rings is 1. The number of nitrogens with one attached hydrogen (secondary N) is 1. The first-order chi connectivity index (χ1) is 11.6. The van der Waals surface area contributed by atoms with Crippen molar-refractivity contribution in [1.82, 2.24) is 15.1 Å². The first-order valence-corrected chi connectivity index (χ1v) is 8.29. The second kappa shape index (κ2) is 9.01. The van der Waals surface area contributed by atoms with Gasteiger partial charge in [0.05, 0.1) is 5.92 Å². The number of piperazine rings is 1. The first kappa shape index (κ1) is 19.5. The van der Waals surface area contributed by atoms with Gasteiger partial charge >= 0.3 is 0 Å². The minimum absolute atomic E-state index is 0. The van der Waals surface area contributed by atoms with Crippen molar-refractivity contribution >= 4 is 24.2 Å². The van der Waals surface area contributed by atoms with Crippen LogP contribution < -0.4 is 10.1 Å². The van der Waals surface area contributed by atoms with Crippen molar-refractivity contribution in [3.63, 3.8) is 0 Å². The van der Waals surface area contributed by atoms with E-state index in [1.54, 1.807) is 4.90 Å². The minimum atomic E-state index is -0.341. The second-order valence-corrected chi connectivity index (χ2v) is 6.14. The van der Waals surface area contributed by atoms with E-state index in [4.69, 9.17) is 4.74 Å². The molecule has 1 atom stereocenters. The summed E-state index contributed by atoms with van der Waals surface area (Å²) in [6, 6.07) is 5.58. The number of carbonyl (C=O) groups is 2. The molecule has 0 aliphatic carbocycles. The van der Waals surface area contributed by atoms with Crippen LogP contribution in [0.25, 0.3) is 0 Å². The maximum atomic E-state index is 12.8. The fourth-order valence-electron chi connectivity index (χ4n) is 3.07. The molecule has 2 heterocycles. The zero-order chi connectivity index (χ0) is 16.9. The van der Waals surface area contributed by atoms with Gasteiger partial charge in [-0.2, -0.15) is 0 Å². The molecular formula is C17H23ClFN3O3. The largest absolute Gasteiger partial charge is 0.484 e. The topological polar surface area (TPSA) is 61.9 Å². The van der Waals surface area contributed by atoms with Gasteiger partial charge in [0.1, 0.15) is 11.6 Å². The highest BCUT2D eigenvalue weighted by Gasteiger charge is 2.30. The van der Waals surface area contributed by atoms with Crippen molar-refractivity contribution in [2.24, 2.45) is 5.92 Å². The van der Waals surface area contributed by atoms with Gasteiger partial charge in [-0.1, -0.05) is 0 Å². The van der Waals surface area contributed by atoms with Gasteiger partial charge in [0.2, 0.25) is 5.91 Å². The van der Waals surface area contributed by atoms with Gasteiger partial charge in [-0.05, 0) is 37.2 Å². The van der Waals surface area contributed by atoms with Crippen molar-refractivity contribution in [3.05, 3.63) is 30.1 Å². The van der Waals surface area contributed by atoms with Crippen molar-refractivity contribution in [2.45, 2.75) is 6.42 Å². The summed E-state index contributed by atoms with van der Waals surface area (Å²) in [5.41, 5.74) is 0. The maximum absolute atomic E-state index is 12.8. The second-order valence-electron chi connectivity index (χ2n) is 6.14. The van der Waals surface area contributed by atoms with E-state index in [0.717, 1.165) is 19.5 Å². The van der Waals surface area contributed by atoms with Crippen LogP contribution in [0.3, 0.4) is 0 Å². The van der Waals surface area contributed by atoms with E-state index >= 15 is 0 Å². The average Bonchev–Trinajstić information content (AvgIpc) is 3.15. The van der Waals surface area contributed by atoms with E-state index in [1.165, 1.54) is 24.3 Å². The highest BCUT2D eigenvalue weighted by atomic mass is 35.5. The summed E-state index contributed by atoms with van der Waals surface area (Å²) in [6.45, 7) is 3.76. The molecule has 0 aromatic heterocycles. The Morgan fingerprint density at radius 1 is 1.12 bits per heavy atom. The average molecular weight is 372 g/mol. The summed E-state index contributed by atoms with van der Waals surface area (Å²) >= 11 is 0. The molecule has 138 valence electrons. The fourth-order valence-corrected chi connectivity index (χ4v) is 3.07. The SMILES string of the molecule is Cl.O=C(COc1ccc(F)cc1)N1CCN(C(=O)C2CCNC2)CC1. The Hall–Kier alpha value is -1.86. The lowest BCUT2D eigenvalue weighted by Crippen LogP contribution is -2.53. The third-order valence-corrected chi connectivity index (χ3v) is 4.53. The molecule has 0 radical (unpaired) electrons. The number of hydrogen-bond donors (Lipinski definition) is 1. The highest BCUT2D eigenvalue weighted by molar-refractivity contribution is 5.85. The lowest BCUT2D eigenvalue weighted by Gasteiger charge is -2.35. The molecule has 8 heteroatoms. The zero-order valence-corrected chi connectivity index (χ0v) is 14.8. The molecule has 2 saturated heterocycles. The van der Waals surface area contributed by atoms with Crippen molar-refractivity contribution in [1.29, 1.82) is 0 Å². The van der Waals surface area contributed by atoms with Crippen LogP contribution in [0.1, 0.15) is 6.42 Å². The predicted molar refractivity (Wildman–Crippen MR) is 93.3 cm³/mol.